The van der Waals surface area contributed by atoms with Crippen molar-refractivity contribution in [3.8, 4) is 0 Å². The summed E-state index contributed by atoms with van der Waals surface area (Å²) >= 11 is 0. The van der Waals surface area contributed by atoms with Gasteiger partial charge in [-0.2, -0.15) is 5.01 Å². The van der Waals surface area contributed by atoms with E-state index in [-0.39, 0.29) is 28.1 Å². The summed E-state index contributed by atoms with van der Waals surface area (Å²) in [5, 5.41) is 21.8. The number of nitrogens with one attached hydrogen (secondary N) is 1. The number of nitro groups is 2. The van der Waals surface area contributed by atoms with Crippen LogP contribution in [0.15, 0.2) is 42.5 Å². The number of hydrogen-bond donors (Lipinski definition) is 1. The van der Waals surface area contributed by atoms with E-state index < -0.39 is 27.6 Å². The molecular formula is C15H8N4O7. The highest BCUT2D eigenvalue weighted by Gasteiger charge is 2.38. The minimum absolute atomic E-state index is 0.0156. The standard InChI is InChI=1S/C15H8N4O7/c20-13(8-1-3-9(4-2-8)18(23)24)16-17-14(21)11-6-5-10(19(25)26)7-12(11)15(17)22/h1-7H,(H,16,20). The maximum atomic E-state index is 12.3. The van der Waals surface area contributed by atoms with E-state index in [4.69, 9.17) is 0 Å². The Hall–Kier alpha value is -4.15. The van der Waals surface area contributed by atoms with Crippen LogP contribution in [0.4, 0.5) is 11.4 Å². The summed E-state index contributed by atoms with van der Waals surface area (Å²) in [6.07, 6.45) is 0. The van der Waals surface area contributed by atoms with Crippen molar-refractivity contribution in [3.05, 3.63) is 79.4 Å². The van der Waals surface area contributed by atoms with E-state index in [1.165, 1.54) is 0 Å². The average molecular weight is 356 g/mol. The third-order valence-electron chi connectivity index (χ3n) is 3.63. The number of hydrogen-bond acceptors (Lipinski definition) is 7. The number of carbonyl (C=O) groups excluding carboxylic acids is 3. The Morgan fingerprint density at radius 3 is 1.96 bits per heavy atom. The Balaban J connectivity index is 1.83. The molecule has 0 fully saturated rings. The molecule has 2 aromatic carbocycles. The number of nitro benzene ring substituents is 2. The van der Waals surface area contributed by atoms with Crippen LogP contribution in [0.2, 0.25) is 0 Å². The lowest BCUT2D eigenvalue weighted by atomic mass is 10.1. The second-order valence-electron chi connectivity index (χ2n) is 5.18. The SMILES string of the molecule is O=C(NN1C(=O)c2ccc([N+](=O)[O-])cc2C1=O)c1ccc([N+](=O)[O-])cc1. The van der Waals surface area contributed by atoms with Gasteiger partial charge >= 0.3 is 0 Å². The van der Waals surface area contributed by atoms with Crippen LogP contribution in [0.3, 0.4) is 0 Å². The van der Waals surface area contributed by atoms with Crippen molar-refractivity contribution in [2.75, 3.05) is 0 Å². The number of rotatable bonds is 4. The fourth-order valence-electron chi connectivity index (χ4n) is 2.34. The Kier molecular flexibility index (Phi) is 3.89. The minimum Gasteiger partial charge on any atom is -0.267 e. The Bertz CT molecular complexity index is 984. The lowest BCUT2D eigenvalue weighted by Crippen LogP contribution is -2.45. The van der Waals surface area contributed by atoms with E-state index in [1.54, 1.807) is 0 Å². The van der Waals surface area contributed by atoms with Crippen molar-refractivity contribution < 1.29 is 24.2 Å². The molecule has 0 atom stereocenters. The molecule has 0 bridgehead atoms. The van der Waals surface area contributed by atoms with Gasteiger partial charge < -0.3 is 0 Å². The number of hydrazine groups is 1. The van der Waals surface area contributed by atoms with Crippen LogP contribution >= 0.6 is 0 Å². The molecule has 2 aromatic rings. The molecule has 26 heavy (non-hydrogen) atoms. The molecule has 3 rings (SSSR count). The first kappa shape index (κ1) is 16.7. The topological polar surface area (TPSA) is 153 Å². The molecule has 0 spiro atoms. The molecular weight excluding hydrogens is 348 g/mol. The molecule has 0 aromatic heterocycles. The third kappa shape index (κ3) is 2.73. The van der Waals surface area contributed by atoms with Crippen LogP contribution < -0.4 is 5.43 Å². The van der Waals surface area contributed by atoms with E-state index in [1.807, 2.05) is 0 Å². The summed E-state index contributed by atoms with van der Waals surface area (Å²) in [7, 11) is 0. The zero-order valence-electron chi connectivity index (χ0n) is 12.7. The Morgan fingerprint density at radius 2 is 1.38 bits per heavy atom. The normalized spacial score (nSPS) is 12.7. The van der Waals surface area contributed by atoms with Gasteiger partial charge in [0.25, 0.3) is 29.1 Å². The average Bonchev–Trinajstić information content (AvgIpc) is 2.86. The summed E-state index contributed by atoms with van der Waals surface area (Å²) < 4.78 is 0. The molecule has 1 heterocycles. The molecule has 1 N–H and O–H groups in total. The first-order chi connectivity index (χ1) is 12.3. The third-order valence-corrected chi connectivity index (χ3v) is 3.63. The number of imide groups is 1. The molecule has 1 aliphatic heterocycles. The molecule has 1 aliphatic rings. The predicted molar refractivity (Wildman–Crippen MR) is 84.2 cm³/mol. The van der Waals surface area contributed by atoms with Gasteiger partial charge in [-0.3, -0.25) is 40.0 Å². The second kappa shape index (κ2) is 6.05. The highest BCUT2D eigenvalue weighted by atomic mass is 16.6. The summed E-state index contributed by atoms with van der Waals surface area (Å²) in [5.41, 5.74) is 1.20. The lowest BCUT2D eigenvalue weighted by Gasteiger charge is -2.14. The zero-order chi connectivity index (χ0) is 19.0. The molecule has 0 radical (unpaired) electrons. The van der Waals surface area contributed by atoms with Crippen molar-refractivity contribution in [1.29, 1.82) is 0 Å². The van der Waals surface area contributed by atoms with Gasteiger partial charge in [-0.1, -0.05) is 0 Å². The molecule has 0 unspecified atom stereocenters. The first-order valence-corrected chi connectivity index (χ1v) is 7.02. The molecule has 130 valence electrons. The second-order valence-corrected chi connectivity index (χ2v) is 5.18. The fourth-order valence-corrected chi connectivity index (χ4v) is 2.34. The van der Waals surface area contributed by atoms with Gasteiger partial charge in [-0.15, -0.1) is 0 Å². The van der Waals surface area contributed by atoms with Crippen molar-refractivity contribution in [1.82, 2.24) is 10.4 Å². The van der Waals surface area contributed by atoms with Crippen LogP contribution in [0.5, 0.6) is 0 Å². The molecule has 3 amide bonds. The molecule has 0 aliphatic carbocycles. The van der Waals surface area contributed by atoms with Gasteiger partial charge in [-0.25, -0.2) is 0 Å². The molecule has 0 saturated carbocycles. The highest BCUT2D eigenvalue weighted by molar-refractivity contribution is 6.22. The maximum absolute atomic E-state index is 12.3. The van der Waals surface area contributed by atoms with Crippen molar-refractivity contribution in [2.24, 2.45) is 0 Å². The molecule has 11 nitrogen and oxygen atoms in total. The first-order valence-electron chi connectivity index (χ1n) is 7.02. The van der Waals surface area contributed by atoms with Gasteiger partial charge in [-0.05, 0) is 18.2 Å². The Labute approximate surface area is 144 Å². The van der Waals surface area contributed by atoms with E-state index >= 15 is 0 Å². The number of amides is 3. The quantitative estimate of drug-likeness (QED) is 0.494. The van der Waals surface area contributed by atoms with Crippen LogP contribution in [-0.2, 0) is 0 Å². The van der Waals surface area contributed by atoms with Crippen LogP contribution in [0.25, 0.3) is 0 Å². The summed E-state index contributed by atoms with van der Waals surface area (Å²) in [6.45, 7) is 0. The zero-order valence-corrected chi connectivity index (χ0v) is 12.7. The van der Waals surface area contributed by atoms with Crippen LogP contribution in [0, 0.1) is 20.2 Å². The lowest BCUT2D eigenvalue weighted by molar-refractivity contribution is -0.385. The number of benzene rings is 2. The summed E-state index contributed by atoms with van der Waals surface area (Å²) in [5.74, 6) is -2.59. The van der Waals surface area contributed by atoms with Gasteiger partial charge in [0.1, 0.15) is 0 Å². The van der Waals surface area contributed by atoms with E-state index in [9.17, 15) is 34.6 Å². The number of nitrogens with zero attached hydrogens (tertiary/aromatic N) is 3. The summed E-state index contributed by atoms with van der Waals surface area (Å²) in [6, 6.07) is 7.68. The number of non-ortho nitro benzene ring substituents is 2. The molecule has 0 saturated heterocycles. The minimum atomic E-state index is -0.913. The van der Waals surface area contributed by atoms with Gasteiger partial charge in [0.05, 0.1) is 21.0 Å². The largest absolute Gasteiger partial charge is 0.280 e. The highest BCUT2D eigenvalue weighted by Crippen LogP contribution is 2.26. The van der Waals surface area contributed by atoms with Crippen molar-refractivity contribution in [3.63, 3.8) is 0 Å². The van der Waals surface area contributed by atoms with Gasteiger partial charge in [0, 0.05) is 29.8 Å². The predicted octanol–water partition coefficient (Wildman–Crippen LogP) is 1.44. The van der Waals surface area contributed by atoms with Gasteiger partial charge in [0.2, 0.25) is 0 Å². The van der Waals surface area contributed by atoms with E-state index in [0.717, 1.165) is 42.5 Å². The number of carbonyl (C=O) groups is 3. The van der Waals surface area contributed by atoms with E-state index in [2.05, 4.69) is 5.43 Å². The van der Waals surface area contributed by atoms with E-state index in [0.29, 0.717) is 5.01 Å². The van der Waals surface area contributed by atoms with Crippen molar-refractivity contribution in [2.45, 2.75) is 0 Å². The van der Waals surface area contributed by atoms with Crippen LogP contribution in [-0.4, -0.2) is 32.6 Å². The fraction of sp³-hybridized carbons (Fsp3) is 0. The monoisotopic (exact) mass is 356 g/mol. The summed E-state index contributed by atoms with van der Waals surface area (Å²) in [4.78, 5) is 56.7. The number of fused-ring (bicyclic) bond motifs is 1. The Morgan fingerprint density at radius 1 is 0.846 bits per heavy atom. The van der Waals surface area contributed by atoms with Gasteiger partial charge in [0.15, 0.2) is 0 Å². The molecule has 11 heteroatoms. The maximum Gasteiger partial charge on any atom is 0.280 e. The van der Waals surface area contributed by atoms with Crippen molar-refractivity contribution >= 4 is 29.1 Å². The van der Waals surface area contributed by atoms with Crippen LogP contribution in [0.1, 0.15) is 31.1 Å². The smallest absolute Gasteiger partial charge is 0.267 e.